The van der Waals surface area contributed by atoms with Gasteiger partial charge in [0.25, 0.3) is 5.91 Å². The highest BCUT2D eigenvalue weighted by Gasteiger charge is 2.22. The van der Waals surface area contributed by atoms with E-state index in [0.29, 0.717) is 10.7 Å². The van der Waals surface area contributed by atoms with Crippen LogP contribution in [-0.2, 0) is 0 Å². The first-order valence-electron chi connectivity index (χ1n) is 6.62. The number of nitrogens with one attached hydrogen (secondary N) is 1. The second-order valence-corrected chi connectivity index (χ2v) is 5.60. The van der Waals surface area contributed by atoms with Crippen LogP contribution in [0.15, 0.2) is 23.8 Å². The van der Waals surface area contributed by atoms with Crippen LogP contribution in [-0.4, -0.2) is 27.6 Å². The van der Waals surface area contributed by atoms with Crippen molar-refractivity contribution in [2.24, 2.45) is 0 Å². The topological polar surface area (TPSA) is 68.5 Å². The number of halogens is 2. The van der Waals surface area contributed by atoms with Crippen LogP contribution < -0.4 is 10.1 Å². The average molecular weight is 338 g/mol. The molecular formula is C14H12F2N4O2S. The van der Waals surface area contributed by atoms with Crippen molar-refractivity contribution in [1.29, 1.82) is 0 Å². The number of carbonyl (C=O) groups excluding carboxylic acids is 1. The van der Waals surface area contributed by atoms with Gasteiger partial charge in [-0.3, -0.25) is 4.79 Å². The van der Waals surface area contributed by atoms with Crippen molar-refractivity contribution >= 4 is 22.2 Å². The van der Waals surface area contributed by atoms with E-state index in [0.717, 1.165) is 12.1 Å². The van der Waals surface area contributed by atoms with E-state index in [9.17, 15) is 13.6 Å². The molecule has 1 aromatic carbocycles. The van der Waals surface area contributed by atoms with Crippen molar-refractivity contribution in [3.63, 3.8) is 0 Å². The second kappa shape index (κ2) is 5.92. The maximum atomic E-state index is 13.9. The molecule has 1 atom stereocenters. The third-order valence-corrected chi connectivity index (χ3v) is 3.96. The lowest BCUT2D eigenvalue weighted by atomic mass is 10.1. The Hall–Kier alpha value is -2.55. The summed E-state index contributed by atoms with van der Waals surface area (Å²) in [5.41, 5.74) is 1.53. The summed E-state index contributed by atoms with van der Waals surface area (Å²) < 4.78 is 34.1. The number of hydrogen-bond donors (Lipinski definition) is 1. The number of amides is 1. The zero-order valence-electron chi connectivity index (χ0n) is 12.2. The smallest absolute Gasteiger partial charge is 0.257 e. The number of imidazole rings is 1. The van der Waals surface area contributed by atoms with Crippen LogP contribution in [0.1, 0.15) is 29.0 Å². The molecule has 0 spiro atoms. The van der Waals surface area contributed by atoms with E-state index in [-0.39, 0.29) is 5.75 Å². The molecule has 0 saturated heterocycles. The first kappa shape index (κ1) is 15.3. The molecule has 0 aliphatic rings. The van der Waals surface area contributed by atoms with Crippen molar-refractivity contribution in [3.8, 4) is 5.75 Å². The molecule has 0 unspecified atom stereocenters. The van der Waals surface area contributed by atoms with Crippen LogP contribution in [0, 0.1) is 11.6 Å². The Labute approximate surface area is 133 Å². The Morgan fingerprint density at radius 3 is 2.70 bits per heavy atom. The molecule has 3 rings (SSSR count). The largest absolute Gasteiger partial charge is 0.497 e. The van der Waals surface area contributed by atoms with Gasteiger partial charge in [0.05, 0.1) is 25.0 Å². The molecular weight excluding hydrogens is 326 g/mol. The molecule has 6 nitrogen and oxygen atoms in total. The summed E-state index contributed by atoms with van der Waals surface area (Å²) in [5.74, 6) is -2.83. The van der Waals surface area contributed by atoms with Gasteiger partial charge >= 0.3 is 0 Å². The summed E-state index contributed by atoms with van der Waals surface area (Å²) in [5, 5.41) is 6.56. The van der Waals surface area contributed by atoms with Crippen molar-refractivity contribution in [3.05, 3.63) is 46.7 Å². The monoisotopic (exact) mass is 338 g/mol. The number of carbonyl (C=O) groups is 1. The quantitative estimate of drug-likeness (QED) is 0.794. The Morgan fingerprint density at radius 1 is 1.39 bits per heavy atom. The Balaban J connectivity index is 1.82. The molecule has 0 fully saturated rings. The Bertz CT molecular complexity index is 825. The number of benzene rings is 1. The van der Waals surface area contributed by atoms with Crippen LogP contribution in [0.25, 0.3) is 4.96 Å². The normalized spacial score (nSPS) is 12.3. The zero-order valence-corrected chi connectivity index (χ0v) is 13.0. The molecule has 9 heteroatoms. The van der Waals surface area contributed by atoms with Crippen LogP contribution in [0.5, 0.6) is 5.75 Å². The number of hydrogen-bond acceptors (Lipinski definition) is 5. The minimum Gasteiger partial charge on any atom is -0.497 e. The minimum atomic E-state index is -0.987. The fourth-order valence-electron chi connectivity index (χ4n) is 2.09. The molecule has 1 amide bonds. The highest BCUT2D eigenvalue weighted by atomic mass is 32.1. The number of methoxy groups -OCH3 is 1. The molecule has 0 aliphatic carbocycles. The Kier molecular flexibility index (Phi) is 3.95. The number of fused-ring (bicyclic) bond motifs is 1. The first-order valence-corrected chi connectivity index (χ1v) is 7.50. The first-order chi connectivity index (χ1) is 11.0. The lowest BCUT2D eigenvalue weighted by Gasteiger charge is -2.13. The SMILES string of the molecule is COc1cc(F)c(C(=O)N[C@@H](C)c2cn3ncsc3n2)c(F)c1. The van der Waals surface area contributed by atoms with Gasteiger partial charge < -0.3 is 10.1 Å². The number of ether oxygens (including phenoxy) is 1. The number of nitrogens with zero attached hydrogens (tertiary/aromatic N) is 3. The molecule has 120 valence electrons. The molecule has 1 N–H and O–H groups in total. The van der Waals surface area contributed by atoms with E-state index >= 15 is 0 Å². The molecule has 2 heterocycles. The second-order valence-electron chi connectivity index (χ2n) is 4.79. The lowest BCUT2D eigenvalue weighted by molar-refractivity contribution is 0.0930. The van der Waals surface area contributed by atoms with Crippen LogP contribution in [0.4, 0.5) is 8.78 Å². The van der Waals surface area contributed by atoms with Gasteiger partial charge in [-0.15, -0.1) is 0 Å². The summed E-state index contributed by atoms with van der Waals surface area (Å²) in [6, 6.07) is 1.38. The van der Waals surface area contributed by atoms with E-state index in [1.807, 2.05) is 0 Å². The maximum absolute atomic E-state index is 13.9. The average Bonchev–Trinajstić information content (AvgIpc) is 3.07. The lowest BCUT2D eigenvalue weighted by Crippen LogP contribution is -2.28. The van der Waals surface area contributed by atoms with E-state index in [1.165, 1.54) is 18.4 Å². The third-order valence-electron chi connectivity index (χ3n) is 3.27. The fraction of sp³-hybridized carbons (Fsp3) is 0.214. The predicted octanol–water partition coefficient (Wildman–Crippen LogP) is 2.57. The fourth-order valence-corrected chi connectivity index (χ4v) is 2.70. The van der Waals surface area contributed by atoms with Crippen LogP contribution in [0.2, 0.25) is 0 Å². The van der Waals surface area contributed by atoms with Gasteiger partial charge in [0.2, 0.25) is 4.96 Å². The molecule has 0 saturated carbocycles. The standard InChI is InChI=1S/C14H12F2N4O2S/c1-7(11-5-20-14(19-11)23-6-17-20)18-13(21)12-9(15)3-8(22-2)4-10(12)16/h3-7H,1-2H3,(H,18,21)/t7-/m0/s1. The van der Waals surface area contributed by atoms with E-state index < -0.39 is 29.1 Å². The van der Waals surface area contributed by atoms with E-state index in [4.69, 9.17) is 4.74 Å². The van der Waals surface area contributed by atoms with Gasteiger partial charge in [-0.05, 0) is 6.92 Å². The van der Waals surface area contributed by atoms with Crippen molar-refractivity contribution in [1.82, 2.24) is 19.9 Å². The molecule has 0 bridgehead atoms. The van der Waals surface area contributed by atoms with Gasteiger partial charge in [0.15, 0.2) is 0 Å². The summed E-state index contributed by atoms with van der Waals surface area (Å²) in [7, 11) is 1.29. The summed E-state index contributed by atoms with van der Waals surface area (Å²) >= 11 is 1.34. The van der Waals surface area contributed by atoms with Crippen LogP contribution in [0.3, 0.4) is 0 Å². The van der Waals surface area contributed by atoms with Crippen molar-refractivity contribution in [2.75, 3.05) is 7.11 Å². The molecule has 23 heavy (non-hydrogen) atoms. The molecule has 3 aromatic rings. The van der Waals surface area contributed by atoms with Crippen molar-refractivity contribution in [2.45, 2.75) is 13.0 Å². The van der Waals surface area contributed by atoms with E-state index in [1.54, 1.807) is 23.1 Å². The van der Waals surface area contributed by atoms with Gasteiger partial charge in [0, 0.05) is 12.1 Å². The van der Waals surface area contributed by atoms with E-state index in [2.05, 4.69) is 15.4 Å². The highest BCUT2D eigenvalue weighted by molar-refractivity contribution is 7.14. The van der Waals surface area contributed by atoms with Crippen LogP contribution >= 0.6 is 11.3 Å². The predicted molar refractivity (Wildman–Crippen MR) is 79.7 cm³/mol. The van der Waals surface area contributed by atoms with Gasteiger partial charge in [-0.1, -0.05) is 11.3 Å². The molecule has 2 aromatic heterocycles. The summed E-state index contributed by atoms with van der Waals surface area (Å²) in [6.45, 7) is 1.67. The number of aromatic nitrogens is 3. The molecule has 0 aliphatic heterocycles. The summed E-state index contributed by atoms with van der Waals surface area (Å²) in [6.07, 6.45) is 1.65. The number of rotatable bonds is 4. The maximum Gasteiger partial charge on any atom is 0.257 e. The van der Waals surface area contributed by atoms with Gasteiger partial charge in [0.1, 0.15) is 28.5 Å². The van der Waals surface area contributed by atoms with Gasteiger partial charge in [-0.2, -0.15) is 5.10 Å². The zero-order chi connectivity index (χ0) is 16.6. The third kappa shape index (κ3) is 2.87. The Morgan fingerprint density at radius 2 is 2.09 bits per heavy atom. The molecule has 0 radical (unpaired) electrons. The minimum absolute atomic E-state index is 0.00464. The highest BCUT2D eigenvalue weighted by Crippen LogP contribution is 2.22. The van der Waals surface area contributed by atoms with Gasteiger partial charge in [-0.25, -0.2) is 18.3 Å². The summed E-state index contributed by atoms with van der Waals surface area (Å²) in [4.78, 5) is 17.1. The van der Waals surface area contributed by atoms with Crippen molar-refractivity contribution < 1.29 is 18.3 Å².